The van der Waals surface area contributed by atoms with Crippen LogP contribution in [0.25, 0.3) is 33.3 Å². The molecule has 4 nitrogen and oxygen atoms in total. The van der Waals surface area contributed by atoms with Gasteiger partial charge in [-0.3, -0.25) is 0 Å². The van der Waals surface area contributed by atoms with E-state index in [0.717, 1.165) is 35.1 Å². The van der Waals surface area contributed by atoms with Crippen molar-refractivity contribution in [1.82, 2.24) is 4.98 Å². The van der Waals surface area contributed by atoms with Crippen LogP contribution in [0.1, 0.15) is 65.5 Å². The molecule has 1 fully saturated rings. The summed E-state index contributed by atoms with van der Waals surface area (Å²) in [7, 11) is 9.78. The Kier molecular flexibility index (Phi) is 11.5. The third-order valence-electron chi connectivity index (χ3n) is 6.81. The van der Waals surface area contributed by atoms with E-state index in [9.17, 15) is 10.2 Å². The van der Waals surface area contributed by atoms with Crippen molar-refractivity contribution in [3.63, 3.8) is 0 Å². The zero-order valence-corrected chi connectivity index (χ0v) is 27.3. The first-order valence-electron chi connectivity index (χ1n) is 13.5. The summed E-state index contributed by atoms with van der Waals surface area (Å²) >= 11 is -0.556. The third kappa shape index (κ3) is 8.24. The number of phenolic OH excluding ortho intramolecular Hbond substituents is 2. The van der Waals surface area contributed by atoms with Gasteiger partial charge in [-0.25, -0.2) is 4.98 Å². The number of phenols is 2. The minimum atomic E-state index is -0.556. The van der Waals surface area contributed by atoms with Gasteiger partial charge < -0.3 is 14.9 Å². The molecule has 40 heavy (non-hydrogen) atoms. The zero-order chi connectivity index (χ0) is 29.5. The van der Waals surface area contributed by atoms with E-state index in [1.165, 1.54) is 12.8 Å². The number of hydrogen-bond acceptors (Lipinski definition) is 4. The van der Waals surface area contributed by atoms with E-state index >= 15 is 0 Å². The van der Waals surface area contributed by atoms with Gasteiger partial charge in [-0.1, -0.05) is 84.0 Å². The standard InChI is InChI=1S/C29H31NO2.C4H8O.2ClH.Ti/c1-28(2,3)19-16-22(27(32)23(17-19)29(4,5)6)25-13-9-12-24(30-25)21-15-14-18-10-7-8-11-20(18)26(21)31;1-2-4-5-3-1;;;/h7-17,31-32H,1-6H3;1-4H2;2*1H;/q;;;;+2/p-2. The number of nitrogens with zero attached hydrogens (tertiary/aromatic N) is 1. The van der Waals surface area contributed by atoms with Crippen LogP contribution in [0.2, 0.25) is 0 Å². The molecule has 0 atom stereocenters. The number of aromatic hydroxyl groups is 2. The van der Waals surface area contributed by atoms with Crippen LogP contribution in [-0.2, 0) is 32.6 Å². The number of aromatic nitrogens is 1. The Morgan fingerprint density at radius 3 is 1.88 bits per heavy atom. The van der Waals surface area contributed by atoms with Gasteiger partial charge in [0.25, 0.3) is 0 Å². The quantitative estimate of drug-likeness (QED) is 0.220. The summed E-state index contributed by atoms with van der Waals surface area (Å²) in [6.07, 6.45) is 2.56. The SMILES string of the molecule is C1CCOC1.CC(C)(C)c1cc(-c2cccc(-c3ccc4ccccc4c3O)n2)c(O)c(C(C)(C)C)c1.[Cl][Ti][Cl]. The molecule has 1 aliphatic rings. The maximum atomic E-state index is 11.2. The summed E-state index contributed by atoms with van der Waals surface area (Å²) in [6, 6.07) is 21.5. The molecule has 0 unspecified atom stereocenters. The van der Waals surface area contributed by atoms with Crippen molar-refractivity contribution in [3.8, 4) is 34.0 Å². The molecule has 2 N–H and O–H groups in total. The first kappa shape index (κ1) is 32.4. The summed E-state index contributed by atoms with van der Waals surface area (Å²) in [6.45, 7) is 14.8. The van der Waals surface area contributed by atoms with Gasteiger partial charge in [-0.2, -0.15) is 0 Å². The van der Waals surface area contributed by atoms with Gasteiger partial charge in [-0.15, -0.1) is 0 Å². The third-order valence-corrected chi connectivity index (χ3v) is 6.81. The van der Waals surface area contributed by atoms with E-state index in [1.54, 1.807) is 0 Å². The van der Waals surface area contributed by atoms with Gasteiger partial charge in [0, 0.05) is 35.3 Å². The number of fused-ring (bicyclic) bond motifs is 1. The maximum absolute atomic E-state index is 11.2. The molecule has 0 radical (unpaired) electrons. The molecular formula is C33H39Cl2NO3Ti. The molecule has 0 bridgehead atoms. The molecule has 7 heteroatoms. The molecule has 3 aromatic carbocycles. The van der Waals surface area contributed by atoms with Gasteiger partial charge in [0.1, 0.15) is 11.5 Å². The van der Waals surface area contributed by atoms with Crippen LogP contribution in [0.4, 0.5) is 0 Å². The number of rotatable bonds is 2. The van der Waals surface area contributed by atoms with Crippen molar-refractivity contribution in [2.24, 2.45) is 0 Å². The normalized spacial score (nSPS) is 13.2. The number of hydrogen-bond donors (Lipinski definition) is 2. The van der Waals surface area contributed by atoms with Crippen molar-refractivity contribution in [1.29, 1.82) is 0 Å². The number of pyridine rings is 1. The van der Waals surface area contributed by atoms with Crippen LogP contribution in [0.5, 0.6) is 11.5 Å². The van der Waals surface area contributed by atoms with E-state index in [4.69, 9.17) is 28.3 Å². The van der Waals surface area contributed by atoms with E-state index in [1.807, 2.05) is 60.7 Å². The van der Waals surface area contributed by atoms with Gasteiger partial charge in [0.15, 0.2) is 0 Å². The Morgan fingerprint density at radius 1 is 0.725 bits per heavy atom. The van der Waals surface area contributed by atoms with E-state index in [0.29, 0.717) is 22.5 Å². The van der Waals surface area contributed by atoms with Gasteiger partial charge in [-0.05, 0) is 58.9 Å². The molecule has 212 valence electrons. The first-order valence-corrected chi connectivity index (χ1v) is 17.8. The zero-order valence-electron chi connectivity index (χ0n) is 24.2. The molecular weight excluding hydrogens is 577 g/mol. The Morgan fingerprint density at radius 2 is 1.32 bits per heavy atom. The van der Waals surface area contributed by atoms with Crippen LogP contribution in [0, 0.1) is 0 Å². The van der Waals surface area contributed by atoms with Crippen LogP contribution >= 0.6 is 18.6 Å². The van der Waals surface area contributed by atoms with Crippen LogP contribution in [0.15, 0.2) is 66.7 Å². The van der Waals surface area contributed by atoms with Crippen molar-refractivity contribution in [2.45, 2.75) is 65.2 Å². The molecule has 5 rings (SSSR count). The molecule has 1 saturated heterocycles. The summed E-state index contributed by atoms with van der Waals surface area (Å²) in [5, 5.41) is 23.9. The molecule has 0 aliphatic carbocycles. The summed E-state index contributed by atoms with van der Waals surface area (Å²) in [5.74, 6) is 0.480. The summed E-state index contributed by atoms with van der Waals surface area (Å²) < 4.78 is 4.94. The second kappa shape index (κ2) is 14.2. The molecule has 4 aromatic rings. The van der Waals surface area contributed by atoms with Crippen LogP contribution in [-0.4, -0.2) is 28.4 Å². The summed E-state index contributed by atoms with van der Waals surface area (Å²) in [5.41, 5.74) is 4.51. The van der Waals surface area contributed by atoms with E-state index in [2.05, 4.69) is 47.6 Å². The van der Waals surface area contributed by atoms with Gasteiger partial charge >= 0.3 is 35.6 Å². The van der Waals surface area contributed by atoms with Crippen molar-refractivity contribution in [2.75, 3.05) is 13.2 Å². The molecule has 1 aromatic heterocycles. The summed E-state index contributed by atoms with van der Waals surface area (Å²) in [4.78, 5) is 4.87. The topological polar surface area (TPSA) is 62.6 Å². The molecule has 0 spiro atoms. The van der Waals surface area contributed by atoms with Crippen LogP contribution in [0.3, 0.4) is 0 Å². The fourth-order valence-electron chi connectivity index (χ4n) is 4.54. The number of benzene rings is 3. The second-order valence-corrected chi connectivity index (χ2v) is 14.5. The Bertz CT molecular complexity index is 1420. The second-order valence-electron chi connectivity index (χ2n) is 11.9. The van der Waals surface area contributed by atoms with Crippen molar-refractivity contribution in [3.05, 3.63) is 77.9 Å². The fraction of sp³-hybridized carbons (Fsp3) is 0.364. The average Bonchev–Trinajstić information content (AvgIpc) is 3.49. The van der Waals surface area contributed by atoms with Crippen LogP contribution < -0.4 is 0 Å². The molecule has 0 saturated carbocycles. The molecule has 2 heterocycles. The van der Waals surface area contributed by atoms with E-state index < -0.39 is 17.0 Å². The van der Waals surface area contributed by atoms with Gasteiger partial charge in [0.2, 0.25) is 0 Å². The Balaban J connectivity index is 0.000000480. The van der Waals surface area contributed by atoms with Gasteiger partial charge in [0.05, 0.1) is 11.4 Å². The number of ether oxygens (including phenoxy) is 1. The Labute approximate surface area is 255 Å². The monoisotopic (exact) mass is 615 g/mol. The van der Waals surface area contributed by atoms with Crippen molar-refractivity contribution < 1.29 is 32.0 Å². The molecule has 1 aliphatic heterocycles. The average molecular weight is 616 g/mol. The first-order chi connectivity index (χ1) is 18.9. The molecule has 0 amide bonds. The predicted molar refractivity (Wildman–Crippen MR) is 165 cm³/mol. The number of halogens is 2. The Hall–Kier alpha value is -2.08. The van der Waals surface area contributed by atoms with E-state index in [-0.39, 0.29) is 22.3 Å². The minimum absolute atomic E-state index is 0.0727. The predicted octanol–water partition coefficient (Wildman–Crippen LogP) is 9.75. The fourth-order valence-corrected chi connectivity index (χ4v) is 4.54. The van der Waals surface area contributed by atoms with Crippen molar-refractivity contribution >= 4 is 29.4 Å².